The van der Waals surface area contributed by atoms with Gasteiger partial charge in [0.25, 0.3) is 0 Å². The first-order valence-corrected chi connectivity index (χ1v) is 12.3. The molecule has 2 fully saturated rings. The minimum absolute atomic E-state index is 0.222. The van der Waals surface area contributed by atoms with E-state index in [-0.39, 0.29) is 6.10 Å². The first-order chi connectivity index (χ1) is 13.3. The molecule has 158 valence electrons. The average molecular weight is 385 g/mol. The van der Waals surface area contributed by atoms with E-state index in [1.54, 1.807) is 0 Å². The van der Waals surface area contributed by atoms with Gasteiger partial charge in [-0.2, -0.15) is 0 Å². The molecule has 0 radical (unpaired) electrons. The normalized spacial score (nSPS) is 46.0. The molecular formula is C27H44O. The number of rotatable bonds is 5. The highest BCUT2D eigenvalue weighted by atomic mass is 16.3. The summed E-state index contributed by atoms with van der Waals surface area (Å²) >= 11 is 0. The Balaban J connectivity index is 1.52. The lowest BCUT2D eigenvalue weighted by atomic mass is 9.48. The third kappa shape index (κ3) is 3.34. The molecular weight excluding hydrogens is 340 g/mol. The van der Waals surface area contributed by atoms with E-state index in [2.05, 4.69) is 52.8 Å². The van der Waals surface area contributed by atoms with Crippen LogP contribution in [0.5, 0.6) is 0 Å². The van der Waals surface area contributed by atoms with Gasteiger partial charge in [-0.1, -0.05) is 72.1 Å². The summed E-state index contributed by atoms with van der Waals surface area (Å²) in [5.41, 5.74) is 2.29. The van der Waals surface area contributed by atoms with Gasteiger partial charge in [-0.3, -0.25) is 0 Å². The third-order valence-corrected chi connectivity index (χ3v) is 9.84. The van der Waals surface area contributed by atoms with Crippen LogP contribution in [0.4, 0.5) is 0 Å². The largest absolute Gasteiger partial charge is 0.389 e. The molecule has 0 aromatic rings. The highest BCUT2D eigenvalue weighted by Gasteiger charge is 2.58. The van der Waals surface area contributed by atoms with Crippen molar-refractivity contribution in [2.75, 3.05) is 0 Å². The minimum atomic E-state index is -0.222. The van der Waals surface area contributed by atoms with Gasteiger partial charge < -0.3 is 5.11 Å². The maximum atomic E-state index is 10.1. The Morgan fingerprint density at radius 1 is 1.00 bits per heavy atom. The zero-order valence-electron chi connectivity index (χ0n) is 19.1. The van der Waals surface area contributed by atoms with Gasteiger partial charge in [0, 0.05) is 0 Å². The maximum Gasteiger partial charge on any atom is 0.0727 e. The Labute approximate surface area is 174 Å². The number of hydrogen-bond acceptors (Lipinski definition) is 1. The van der Waals surface area contributed by atoms with Crippen molar-refractivity contribution in [3.05, 3.63) is 23.8 Å². The molecule has 0 unspecified atom stereocenters. The van der Waals surface area contributed by atoms with E-state index in [1.807, 2.05) is 0 Å². The SMILES string of the molecule is CC(C)CCC[C@@H](C)[C@H]1CC[C@H]2[C@@H]3C=CC4=C[C@H](O)CC[C@]4(C)[C@H]3CC[C@]12C. The fourth-order valence-electron chi connectivity index (χ4n) is 8.16. The van der Waals surface area contributed by atoms with E-state index in [0.717, 1.165) is 41.9 Å². The van der Waals surface area contributed by atoms with Crippen molar-refractivity contribution in [3.8, 4) is 0 Å². The van der Waals surface area contributed by atoms with Crippen molar-refractivity contribution < 1.29 is 5.11 Å². The summed E-state index contributed by atoms with van der Waals surface area (Å²) in [6.45, 7) is 12.5. The third-order valence-electron chi connectivity index (χ3n) is 9.84. The van der Waals surface area contributed by atoms with Crippen molar-refractivity contribution in [1.29, 1.82) is 0 Å². The molecule has 0 aliphatic heterocycles. The second kappa shape index (κ2) is 7.60. The van der Waals surface area contributed by atoms with Crippen molar-refractivity contribution >= 4 is 0 Å². The van der Waals surface area contributed by atoms with Gasteiger partial charge in [-0.15, -0.1) is 0 Å². The van der Waals surface area contributed by atoms with E-state index in [9.17, 15) is 5.11 Å². The maximum absolute atomic E-state index is 10.1. The van der Waals surface area contributed by atoms with Gasteiger partial charge in [0.05, 0.1) is 6.10 Å². The van der Waals surface area contributed by atoms with Crippen molar-refractivity contribution in [3.63, 3.8) is 0 Å². The lowest BCUT2D eigenvalue weighted by Gasteiger charge is -2.57. The highest BCUT2D eigenvalue weighted by Crippen LogP contribution is 2.66. The molecule has 4 aliphatic carbocycles. The molecule has 0 bridgehead atoms. The molecule has 2 saturated carbocycles. The first kappa shape index (κ1) is 20.7. The van der Waals surface area contributed by atoms with Crippen LogP contribution in [0, 0.1) is 46.3 Å². The molecule has 4 rings (SSSR count). The topological polar surface area (TPSA) is 20.2 Å². The lowest BCUT2D eigenvalue weighted by molar-refractivity contribution is -0.0300. The fraction of sp³-hybridized carbons (Fsp3) is 0.852. The molecule has 8 atom stereocenters. The first-order valence-electron chi connectivity index (χ1n) is 12.3. The summed E-state index contributed by atoms with van der Waals surface area (Å²) in [5, 5.41) is 10.1. The molecule has 1 nitrogen and oxygen atoms in total. The van der Waals surface area contributed by atoms with Gasteiger partial charge in [-0.25, -0.2) is 0 Å². The van der Waals surface area contributed by atoms with Gasteiger partial charge >= 0.3 is 0 Å². The van der Waals surface area contributed by atoms with Crippen molar-refractivity contribution in [2.24, 2.45) is 46.3 Å². The molecule has 0 heterocycles. The van der Waals surface area contributed by atoms with Crippen LogP contribution in [0.2, 0.25) is 0 Å². The van der Waals surface area contributed by atoms with Gasteiger partial charge in [0.15, 0.2) is 0 Å². The Morgan fingerprint density at radius 3 is 2.54 bits per heavy atom. The molecule has 1 N–H and O–H groups in total. The van der Waals surface area contributed by atoms with E-state index in [4.69, 9.17) is 0 Å². The summed E-state index contributed by atoms with van der Waals surface area (Å²) in [7, 11) is 0. The van der Waals surface area contributed by atoms with E-state index in [0.29, 0.717) is 10.8 Å². The Morgan fingerprint density at radius 2 is 1.79 bits per heavy atom. The van der Waals surface area contributed by atoms with E-state index in [1.165, 1.54) is 56.9 Å². The molecule has 4 aliphatic rings. The highest BCUT2D eigenvalue weighted by molar-refractivity contribution is 5.36. The quantitative estimate of drug-likeness (QED) is 0.533. The second-order valence-electron chi connectivity index (χ2n) is 11.8. The standard InChI is InChI=1S/C27H44O/c1-18(2)7-6-8-19(3)23-11-12-24-22-10-9-20-17-21(28)13-15-26(20,4)25(22)14-16-27(23,24)5/h9-10,17-19,21-25,28H,6-8,11-16H2,1-5H3/t19-,21-,22+,23-,24+,25+,26+,27-/m1/s1. The summed E-state index contributed by atoms with van der Waals surface area (Å²) in [4.78, 5) is 0. The van der Waals surface area contributed by atoms with Crippen molar-refractivity contribution in [2.45, 2.75) is 98.5 Å². The van der Waals surface area contributed by atoms with Crippen molar-refractivity contribution in [1.82, 2.24) is 0 Å². The molecule has 0 aromatic heterocycles. The molecule has 0 saturated heterocycles. The fourth-order valence-corrected chi connectivity index (χ4v) is 8.16. The summed E-state index contributed by atoms with van der Waals surface area (Å²) in [5.74, 6) is 5.10. The predicted molar refractivity (Wildman–Crippen MR) is 119 cm³/mol. The van der Waals surface area contributed by atoms with Gasteiger partial charge in [0.1, 0.15) is 0 Å². The number of allylic oxidation sites excluding steroid dienone is 3. The van der Waals surface area contributed by atoms with Crippen LogP contribution in [0.3, 0.4) is 0 Å². The van der Waals surface area contributed by atoms with Crippen LogP contribution in [0.1, 0.15) is 92.4 Å². The number of aliphatic hydroxyl groups excluding tert-OH is 1. The van der Waals surface area contributed by atoms with Crippen LogP contribution in [0.25, 0.3) is 0 Å². The second-order valence-corrected chi connectivity index (χ2v) is 11.8. The molecule has 1 heteroatoms. The molecule has 0 amide bonds. The monoisotopic (exact) mass is 384 g/mol. The molecule has 28 heavy (non-hydrogen) atoms. The van der Waals surface area contributed by atoms with Crippen LogP contribution < -0.4 is 0 Å². The number of hydrogen-bond donors (Lipinski definition) is 1. The number of fused-ring (bicyclic) bond motifs is 5. The zero-order valence-corrected chi connectivity index (χ0v) is 19.1. The van der Waals surface area contributed by atoms with Crippen LogP contribution in [0.15, 0.2) is 23.8 Å². The van der Waals surface area contributed by atoms with Crippen LogP contribution in [-0.2, 0) is 0 Å². The van der Waals surface area contributed by atoms with Gasteiger partial charge in [0.2, 0.25) is 0 Å². The van der Waals surface area contributed by atoms with Gasteiger partial charge in [-0.05, 0) is 90.4 Å². The van der Waals surface area contributed by atoms with Crippen LogP contribution in [-0.4, -0.2) is 11.2 Å². The number of aliphatic hydroxyl groups is 1. The molecule has 0 spiro atoms. The summed E-state index contributed by atoms with van der Waals surface area (Å²) in [6, 6.07) is 0. The Bertz CT molecular complexity index is 630. The smallest absolute Gasteiger partial charge is 0.0727 e. The predicted octanol–water partition coefficient (Wildman–Crippen LogP) is 7.16. The van der Waals surface area contributed by atoms with Crippen LogP contribution >= 0.6 is 0 Å². The summed E-state index contributed by atoms with van der Waals surface area (Å²) in [6.07, 6.45) is 19.0. The Hall–Kier alpha value is -0.560. The average Bonchev–Trinajstić information content (AvgIpc) is 2.99. The zero-order chi connectivity index (χ0) is 20.1. The summed E-state index contributed by atoms with van der Waals surface area (Å²) < 4.78 is 0. The van der Waals surface area contributed by atoms with E-state index >= 15 is 0 Å². The molecule has 0 aromatic carbocycles. The lowest BCUT2D eigenvalue weighted by Crippen LogP contribution is -2.49. The van der Waals surface area contributed by atoms with E-state index < -0.39 is 0 Å². The Kier molecular flexibility index (Phi) is 5.62. The minimum Gasteiger partial charge on any atom is -0.389 e.